The van der Waals surface area contributed by atoms with Gasteiger partial charge in [-0.2, -0.15) is 0 Å². The molecule has 7 nitrogen and oxygen atoms in total. The average Bonchev–Trinajstić information content (AvgIpc) is 3.12. The number of hydrogen-bond donors (Lipinski definition) is 1. The fourth-order valence-corrected chi connectivity index (χ4v) is 1.94. The summed E-state index contributed by atoms with van der Waals surface area (Å²) in [6.45, 7) is 0. The van der Waals surface area contributed by atoms with Gasteiger partial charge in [-0.3, -0.25) is 14.3 Å². The second-order valence-corrected chi connectivity index (χ2v) is 4.42. The number of thiazole rings is 1. The van der Waals surface area contributed by atoms with E-state index in [0.717, 1.165) is 0 Å². The van der Waals surface area contributed by atoms with E-state index in [-0.39, 0.29) is 11.6 Å². The smallest absolute Gasteiger partial charge is 0.275 e. The van der Waals surface area contributed by atoms with E-state index in [1.165, 1.54) is 17.5 Å². The summed E-state index contributed by atoms with van der Waals surface area (Å²) >= 11 is 1.35. The second-order valence-electron chi connectivity index (χ2n) is 3.53. The van der Waals surface area contributed by atoms with Crippen molar-refractivity contribution < 1.29 is 4.79 Å². The van der Waals surface area contributed by atoms with Crippen LogP contribution in [0.25, 0.3) is 5.95 Å². The van der Waals surface area contributed by atoms with Crippen molar-refractivity contribution in [3.8, 4) is 5.95 Å². The number of anilines is 1. The number of nitrogens with one attached hydrogen (secondary N) is 1. The van der Waals surface area contributed by atoms with Gasteiger partial charge in [0.05, 0.1) is 11.7 Å². The minimum Gasteiger partial charge on any atom is -0.311 e. The van der Waals surface area contributed by atoms with Crippen molar-refractivity contribution in [1.82, 2.24) is 24.5 Å². The molecule has 0 aliphatic heterocycles. The highest BCUT2D eigenvalue weighted by Gasteiger charge is 2.10. The highest BCUT2D eigenvalue weighted by Crippen LogP contribution is 2.13. The van der Waals surface area contributed by atoms with Gasteiger partial charge in [-0.15, -0.1) is 11.3 Å². The molecule has 1 N–H and O–H groups in total. The summed E-state index contributed by atoms with van der Waals surface area (Å²) in [7, 11) is 0. The lowest BCUT2D eigenvalue weighted by Gasteiger charge is -2.03. The van der Waals surface area contributed by atoms with E-state index in [0.29, 0.717) is 10.9 Å². The lowest BCUT2D eigenvalue weighted by atomic mass is 10.4. The van der Waals surface area contributed by atoms with Crippen LogP contribution in [-0.2, 0) is 0 Å². The Morgan fingerprint density at radius 2 is 2.26 bits per heavy atom. The highest BCUT2D eigenvalue weighted by molar-refractivity contribution is 7.14. The van der Waals surface area contributed by atoms with Crippen molar-refractivity contribution in [2.75, 3.05) is 5.32 Å². The zero-order chi connectivity index (χ0) is 13.1. The number of nitrogens with zero attached hydrogens (tertiary/aromatic N) is 5. The molecular formula is C11H8N6OS. The number of carbonyl (C=O) groups is 1. The first-order chi connectivity index (χ1) is 9.33. The number of imidazole rings is 1. The molecule has 0 spiro atoms. The molecular weight excluding hydrogens is 264 g/mol. The van der Waals surface area contributed by atoms with E-state index >= 15 is 0 Å². The molecule has 3 aromatic heterocycles. The van der Waals surface area contributed by atoms with Crippen LogP contribution in [0.1, 0.15) is 10.5 Å². The first-order valence-corrected chi connectivity index (χ1v) is 6.22. The minimum absolute atomic E-state index is 0.284. The van der Waals surface area contributed by atoms with Crippen molar-refractivity contribution in [3.05, 3.63) is 48.4 Å². The Kier molecular flexibility index (Phi) is 2.99. The van der Waals surface area contributed by atoms with Crippen molar-refractivity contribution in [3.63, 3.8) is 0 Å². The molecule has 3 rings (SSSR count). The summed E-state index contributed by atoms with van der Waals surface area (Å²) in [5, 5.41) is 3.39. The molecule has 94 valence electrons. The van der Waals surface area contributed by atoms with Crippen molar-refractivity contribution in [2.24, 2.45) is 0 Å². The summed E-state index contributed by atoms with van der Waals surface area (Å²) in [6, 6.07) is 1.55. The first-order valence-electron chi connectivity index (χ1n) is 5.34. The van der Waals surface area contributed by atoms with Gasteiger partial charge in [-0.25, -0.2) is 15.0 Å². The minimum atomic E-state index is -0.298. The van der Waals surface area contributed by atoms with Crippen LogP contribution in [0.15, 0.2) is 42.7 Å². The third-order valence-corrected chi connectivity index (χ3v) is 2.97. The van der Waals surface area contributed by atoms with E-state index in [1.54, 1.807) is 41.1 Å². The number of rotatable bonds is 3. The fourth-order valence-electron chi connectivity index (χ4n) is 1.43. The van der Waals surface area contributed by atoms with E-state index in [1.807, 2.05) is 0 Å². The van der Waals surface area contributed by atoms with E-state index in [9.17, 15) is 4.79 Å². The zero-order valence-corrected chi connectivity index (χ0v) is 10.4. The molecule has 0 bridgehead atoms. The number of hydrogen-bond acceptors (Lipinski definition) is 6. The Bertz CT molecular complexity index is 679. The summed E-state index contributed by atoms with van der Waals surface area (Å²) in [5.41, 5.74) is 1.93. The number of carbonyl (C=O) groups excluding carboxylic acids is 1. The lowest BCUT2D eigenvalue weighted by Crippen LogP contribution is -2.14. The molecule has 8 heteroatoms. The van der Waals surface area contributed by atoms with Gasteiger partial charge in [-0.1, -0.05) is 0 Å². The number of aromatic nitrogens is 5. The maximum Gasteiger partial charge on any atom is 0.275 e. The molecule has 0 fully saturated rings. The van der Waals surface area contributed by atoms with Crippen LogP contribution in [0.4, 0.5) is 5.00 Å². The molecule has 3 aromatic rings. The normalized spacial score (nSPS) is 10.3. The summed E-state index contributed by atoms with van der Waals surface area (Å²) in [6.07, 6.45) is 8.01. The topological polar surface area (TPSA) is 85.6 Å². The lowest BCUT2D eigenvalue weighted by molar-refractivity contribution is 0.102. The number of amides is 1. The van der Waals surface area contributed by atoms with Gasteiger partial charge in [0.15, 0.2) is 0 Å². The molecule has 0 unspecified atom stereocenters. The van der Waals surface area contributed by atoms with E-state index in [2.05, 4.69) is 25.3 Å². The predicted molar refractivity (Wildman–Crippen MR) is 69.2 cm³/mol. The van der Waals surface area contributed by atoms with Gasteiger partial charge in [-0.05, 0) is 6.07 Å². The molecule has 0 atom stereocenters. The van der Waals surface area contributed by atoms with Gasteiger partial charge in [0, 0.05) is 18.6 Å². The van der Waals surface area contributed by atoms with Crippen molar-refractivity contribution >= 4 is 22.2 Å². The predicted octanol–water partition coefficient (Wildman–Crippen LogP) is 1.37. The van der Waals surface area contributed by atoms with Crippen LogP contribution < -0.4 is 5.32 Å². The Morgan fingerprint density at radius 1 is 1.32 bits per heavy atom. The molecule has 0 aliphatic rings. The largest absolute Gasteiger partial charge is 0.311 e. The van der Waals surface area contributed by atoms with E-state index < -0.39 is 0 Å². The van der Waals surface area contributed by atoms with Gasteiger partial charge in [0.25, 0.3) is 5.91 Å². The zero-order valence-electron chi connectivity index (χ0n) is 9.59. The van der Waals surface area contributed by atoms with Crippen molar-refractivity contribution in [1.29, 1.82) is 0 Å². The van der Waals surface area contributed by atoms with E-state index in [4.69, 9.17) is 0 Å². The van der Waals surface area contributed by atoms with Gasteiger partial charge in [0.2, 0.25) is 5.95 Å². The molecule has 0 radical (unpaired) electrons. The SMILES string of the molecule is O=C(Nc1cncs1)c1ccnc(-n2ccnc2)n1. The molecule has 0 saturated heterocycles. The highest BCUT2D eigenvalue weighted by atomic mass is 32.1. The Balaban J connectivity index is 1.85. The molecule has 0 aliphatic carbocycles. The van der Waals surface area contributed by atoms with Gasteiger partial charge < -0.3 is 5.32 Å². The van der Waals surface area contributed by atoms with Crippen LogP contribution in [0.5, 0.6) is 0 Å². The van der Waals surface area contributed by atoms with Gasteiger partial charge >= 0.3 is 0 Å². The molecule has 3 heterocycles. The standard InChI is InChI=1S/C11H8N6OS/c18-10(16-9-5-13-7-19-9)8-1-2-14-11(15-8)17-4-3-12-6-17/h1-7H,(H,16,18). The second kappa shape index (κ2) is 4.94. The monoisotopic (exact) mass is 272 g/mol. The third-order valence-electron chi connectivity index (χ3n) is 2.28. The summed E-state index contributed by atoms with van der Waals surface area (Å²) in [5.74, 6) is 0.0995. The third kappa shape index (κ3) is 2.47. The first kappa shape index (κ1) is 11.5. The van der Waals surface area contributed by atoms with Crippen molar-refractivity contribution in [2.45, 2.75) is 0 Å². The van der Waals surface area contributed by atoms with Crippen LogP contribution in [-0.4, -0.2) is 30.4 Å². The fraction of sp³-hybridized carbons (Fsp3) is 0. The molecule has 19 heavy (non-hydrogen) atoms. The van der Waals surface area contributed by atoms with Crippen LogP contribution in [0.3, 0.4) is 0 Å². The Morgan fingerprint density at radius 3 is 3.00 bits per heavy atom. The molecule has 0 saturated carbocycles. The quantitative estimate of drug-likeness (QED) is 0.778. The maximum atomic E-state index is 12.0. The Labute approximate surface area is 112 Å². The average molecular weight is 272 g/mol. The summed E-state index contributed by atoms with van der Waals surface area (Å²) < 4.78 is 1.63. The summed E-state index contributed by atoms with van der Waals surface area (Å²) in [4.78, 5) is 28.0. The maximum absolute atomic E-state index is 12.0. The van der Waals surface area contributed by atoms with Crippen LogP contribution in [0, 0.1) is 0 Å². The Hall–Kier alpha value is -2.61. The molecule has 0 aromatic carbocycles. The van der Waals surface area contributed by atoms with Gasteiger partial charge in [0.1, 0.15) is 17.0 Å². The van der Waals surface area contributed by atoms with Crippen LogP contribution >= 0.6 is 11.3 Å². The van der Waals surface area contributed by atoms with Crippen LogP contribution in [0.2, 0.25) is 0 Å². The molecule has 1 amide bonds.